The lowest BCUT2D eigenvalue weighted by atomic mass is 10.1. The van der Waals surface area contributed by atoms with E-state index in [4.69, 9.17) is 11.6 Å². The number of rotatable bonds is 4. The van der Waals surface area contributed by atoms with Crippen LogP contribution in [0.5, 0.6) is 0 Å². The molecule has 0 fully saturated rings. The van der Waals surface area contributed by atoms with Crippen molar-refractivity contribution in [3.63, 3.8) is 0 Å². The Morgan fingerprint density at radius 1 is 1.41 bits per heavy atom. The molecule has 1 heterocycles. The van der Waals surface area contributed by atoms with Gasteiger partial charge in [0.25, 0.3) is 0 Å². The number of aryl methyl sites for hydroxylation is 1. The minimum Gasteiger partial charge on any atom is -0.327 e. The highest BCUT2D eigenvalue weighted by atomic mass is 35.5. The molecule has 0 aliphatic heterocycles. The van der Waals surface area contributed by atoms with Gasteiger partial charge in [0.15, 0.2) is 0 Å². The molecule has 0 bridgehead atoms. The lowest BCUT2D eigenvalue weighted by molar-refractivity contribution is 0.469. The van der Waals surface area contributed by atoms with Gasteiger partial charge in [-0.25, -0.2) is 4.98 Å². The van der Waals surface area contributed by atoms with E-state index in [1.165, 1.54) is 17.5 Å². The molecule has 1 atom stereocenters. The molecule has 1 unspecified atom stereocenters. The second-order valence-electron chi connectivity index (χ2n) is 4.78. The van der Waals surface area contributed by atoms with Crippen LogP contribution in [0, 0.1) is 12.8 Å². The molecule has 2 nitrogen and oxygen atoms in total. The molecule has 0 saturated heterocycles. The van der Waals surface area contributed by atoms with Gasteiger partial charge in [-0.05, 0) is 30.5 Å². The minimum absolute atomic E-state index is 0.476. The molecule has 0 saturated carbocycles. The van der Waals surface area contributed by atoms with E-state index in [1.54, 1.807) is 0 Å². The maximum atomic E-state index is 5.99. The Balaban J connectivity index is 2.50. The van der Waals surface area contributed by atoms with Gasteiger partial charge in [-0.2, -0.15) is 0 Å². The molecule has 0 radical (unpaired) electrons. The first kappa shape index (κ1) is 12.4. The second-order valence-corrected chi connectivity index (χ2v) is 5.05. The minimum atomic E-state index is 0.476. The first-order valence-electron chi connectivity index (χ1n) is 6.17. The average molecular weight is 251 g/mol. The number of fused-ring (bicyclic) bond motifs is 1. The third-order valence-electron chi connectivity index (χ3n) is 3.29. The van der Waals surface area contributed by atoms with Gasteiger partial charge in [0, 0.05) is 6.54 Å². The highest BCUT2D eigenvalue weighted by Gasteiger charge is 2.11. The molecular formula is C14H19ClN2. The Bertz CT molecular complexity index is 516. The van der Waals surface area contributed by atoms with Crippen molar-refractivity contribution in [2.75, 3.05) is 0 Å². The predicted octanol–water partition coefficient (Wildman–Crippen LogP) is 4.13. The first-order chi connectivity index (χ1) is 8.15. The zero-order chi connectivity index (χ0) is 12.4. The standard InChI is InChI=1S/C14H19ClN2/c1-4-10(2)9-17-13-6-5-11(3)7-12(13)16-14(17)8-15/h5-7,10H,4,8-9H2,1-3H3. The van der Waals surface area contributed by atoms with Gasteiger partial charge in [0.2, 0.25) is 0 Å². The summed E-state index contributed by atoms with van der Waals surface area (Å²) in [5, 5.41) is 0. The number of halogens is 1. The molecule has 0 N–H and O–H groups in total. The largest absolute Gasteiger partial charge is 0.327 e. The molecule has 2 aromatic rings. The van der Waals surface area contributed by atoms with Crippen LogP contribution in [-0.2, 0) is 12.4 Å². The molecule has 1 aromatic carbocycles. The van der Waals surface area contributed by atoms with Crippen molar-refractivity contribution < 1.29 is 0 Å². The Morgan fingerprint density at radius 3 is 2.82 bits per heavy atom. The second kappa shape index (κ2) is 5.09. The van der Waals surface area contributed by atoms with Crippen molar-refractivity contribution >= 4 is 22.6 Å². The van der Waals surface area contributed by atoms with Crippen molar-refractivity contribution in [1.82, 2.24) is 9.55 Å². The van der Waals surface area contributed by atoms with Crippen LogP contribution >= 0.6 is 11.6 Å². The molecule has 0 amide bonds. The van der Waals surface area contributed by atoms with Gasteiger partial charge in [-0.15, -0.1) is 11.6 Å². The molecule has 3 heteroatoms. The van der Waals surface area contributed by atoms with Gasteiger partial charge >= 0.3 is 0 Å². The summed E-state index contributed by atoms with van der Waals surface area (Å²) in [5.74, 6) is 2.10. The summed E-state index contributed by atoms with van der Waals surface area (Å²) in [6, 6.07) is 6.41. The van der Waals surface area contributed by atoms with E-state index >= 15 is 0 Å². The third kappa shape index (κ3) is 2.47. The number of imidazole rings is 1. The fraction of sp³-hybridized carbons (Fsp3) is 0.500. The van der Waals surface area contributed by atoms with Crippen LogP contribution in [0.1, 0.15) is 31.7 Å². The molecular weight excluding hydrogens is 232 g/mol. The fourth-order valence-electron chi connectivity index (χ4n) is 2.04. The highest BCUT2D eigenvalue weighted by Crippen LogP contribution is 2.21. The smallest absolute Gasteiger partial charge is 0.124 e. The Kier molecular flexibility index (Phi) is 3.72. The summed E-state index contributed by atoms with van der Waals surface area (Å²) in [6.45, 7) is 7.57. The van der Waals surface area contributed by atoms with E-state index in [0.29, 0.717) is 11.8 Å². The van der Waals surface area contributed by atoms with Crippen molar-refractivity contribution in [1.29, 1.82) is 0 Å². The molecule has 0 spiro atoms. The number of hydrogen-bond acceptors (Lipinski definition) is 1. The summed E-state index contributed by atoms with van der Waals surface area (Å²) in [6.07, 6.45) is 1.17. The normalized spacial score (nSPS) is 13.2. The number of alkyl halides is 1. The Morgan fingerprint density at radius 2 is 2.18 bits per heavy atom. The third-order valence-corrected chi connectivity index (χ3v) is 3.53. The van der Waals surface area contributed by atoms with Crippen LogP contribution in [0.4, 0.5) is 0 Å². The van der Waals surface area contributed by atoms with Crippen molar-refractivity contribution in [2.24, 2.45) is 5.92 Å². The topological polar surface area (TPSA) is 17.8 Å². The number of aromatic nitrogens is 2. The quantitative estimate of drug-likeness (QED) is 0.746. The van der Waals surface area contributed by atoms with E-state index in [0.717, 1.165) is 17.9 Å². The van der Waals surface area contributed by atoms with E-state index in [9.17, 15) is 0 Å². The van der Waals surface area contributed by atoms with E-state index in [1.807, 2.05) is 0 Å². The zero-order valence-electron chi connectivity index (χ0n) is 10.7. The van der Waals surface area contributed by atoms with Crippen LogP contribution in [0.15, 0.2) is 18.2 Å². The molecule has 92 valence electrons. The Labute approximate surface area is 108 Å². The van der Waals surface area contributed by atoms with Crippen LogP contribution in [-0.4, -0.2) is 9.55 Å². The highest BCUT2D eigenvalue weighted by molar-refractivity contribution is 6.16. The molecule has 2 rings (SSSR count). The lowest BCUT2D eigenvalue weighted by Crippen LogP contribution is -2.09. The summed E-state index contributed by atoms with van der Waals surface area (Å²) in [4.78, 5) is 4.61. The Hall–Kier alpha value is -1.02. The molecule has 0 aliphatic rings. The zero-order valence-corrected chi connectivity index (χ0v) is 11.5. The summed E-state index contributed by atoms with van der Waals surface area (Å²) in [5.41, 5.74) is 3.50. The van der Waals surface area contributed by atoms with Crippen LogP contribution < -0.4 is 0 Å². The van der Waals surface area contributed by atoms with Gasteiger partial charge in [-0.3, -0.25) is 0 Å². The van der Waals surface area contributed by atoms with Gasteiger partial charge < -0.3 is 4.57 Å². The van der Waals surface area contributed by atoms with E-state index < -0.39 is 0 Å². The fourth-order valence-corrected chi connectivity index (χ4v) is 2.24. The van der Waals surface area contributed by atoms with Crippen LogP contribution in [0.25, 0.3) is 11.0 Å². The predicted molar refractivity (Wildman–Crippen MR) is 73.5 cm³/mol. The summed E-state index contributed by atoms with van der Waals surface area (Å²) >= 11 is 5.99. The van der Waals surface area contributed by atoms with E-state index in [2.05, 4.69) is 48.5 Å². The van der Waals surface area contributed by atoms with Gasteiger partial charge in [0.1, 0.15) is 5.82 Å². The van der Waals surface area contributed by atoms with Crippen molar-refractivity contribution in [3.8, 4) is 0 Å². The maximum Gasteiger partial charge on any atom is 0.124 e. The van der Waals surface area contributed by atoms with Gasteiger partial charge in [0.05, 0.1) is 16.9 Å². The van der Waals surface area contributed by atoms with Crippen molar-refractivity contribution in [3.05, 3.63) is 29.6 Å². The summed E-state index contributed by atoms with van der Waals surface area (Å²) in [7, 11) is 0. The maximum absolute atomic E-state index is 5.99. The van der Waals surface area contributed by atoms with Crippen LogP contribution in [0.3, 0.4) is 0 Å². The average Bonchev–Trinajstić information content (AvgIpc) is 2.66. The van der Waals surface area contributed by atoms with E-state index in [-0.39, 0.29) is 0 Å². The summed E-state index contributed by atoms with van der Waals surface area (Å²) < 4.78 is 2.26. The lowest BCUT2D eigenvalue weighted by Gasteiger charge is -2.12. The van der Waals surface area contributed by atoms with Crippen LogP contribution in [0.2, 0.25) is 0 Å². The number of hydrogen-bond donors (Lipinski definition) is 0. The number of nitrogens with zero attached hydrogens (tertiary/aromatic N) is 2. The first-order valence-corrected chi connectivity index (χ1v) is 6.70. The van der Waals surface area contributed by atoms with Crippen molar-refractivity contribution in [2.45, 2.75) is 39.6 Å². The van der Waals surface area contributed by atoms with Gasteiger partial charge in [-0.1, -0.05) is 26.3 Å². The number of benzene rings is 1. The molecule has 1 aromatic heterocycles. The SMILES string of the molecule is CCC(C)Cn1c(CCl)nc2cc(C)ccc21. The monoisotopic (exact) mass is 250 g/mol. The molecule has 17 heavy (non-hydrogen) atoms. The molecule has 0 aliphatic carbocycles.